The minimum absolute atomic E-state index is 0.810. The molecule has 0 spiro atoms. The number of halogens is 2. The van der Waals surface area contributed by atoms with Gasteiger partial charge >= 0.3 is 0 Å². The van der Waals surface area contributed by atoms with Crippen molar-refractivity contribution in [2.75, 3.05) is 0 Å². The molecule has 0 aromatic carbocycles. The van der Waals surface area contributed by atoms with Crippen molar-refractivity contribution in [1.29, 1.82) is 0 Å². The quantitative estimate of drug-likeness (QED) is 0.380. The molecule has 0 saturated carbocycles. The Hall–Kier alpha value is 0.670. The van der Waals surface area contributed by atoms with Crippen LogP contribution in [0.4, 0.5) is 0 Å². The van der Waals surface area contributed by atoms with Crippen LogP contribution in [0.3, 0.4) is 0 Å². The molecule has 2 nitrogen and oxygen atoms in total. The van der Waals surface area contributed by atoms with Crippen LogP contribution in [0.2, 0.25) is 0 Å². The lowest BCUT2D eigenvalue weighted by Crippen LogP contribution is -1.98. The van der Waals surface area contributed by atoms with E-state index in [1.54, 1.807) is 0 Å². The van der Waals surface area contributed by atoms with E-state index in [4.69, 9.17) is 0 Å². The summed E-state index contributed by atoms with van der Waals surface area (Å²) in [5.74, 6) is 0. The molecule has 0 bridgehead atoms. The molecule has 1 aliphatic carbocycles. The molecule has 0 fully saturated rings. The molecule has 1 atom stereocenters. The number of hydrogen-bond donors (Lipinski definition) is 0. The van der Waals surface area contributed by atoms with Gasteiger partial charge in [-0.3, -0.25) is 0 Å². The lowest BCUT2D eigenvalue weighted by molar-refractivity contribution is 0.730. The number of fused-ring (bicyclic) bond motifs is 1. The van der Waals surface area contributed by atoms with Gasteiger partial charge in [0.2, 0.25) is 0 Å². The monoisotopic (exact) mass is 388 g/mol. The summed E-state index contributed by atoms with van der Waals surface area (Å²) < 4.78 is 2.72. The molecule has 0 N–H and O–H groups in total. The fourth-order valence-electron chi connectivity index (χ4n) is 1.62. The van der Waals surface area contributed by atoms with Crippen molar-refractivity contribution >= 4 is 45.5 Å². The second kappa shape index (κ2) is 3.81. The van der Waals surface area contributed by atoms with Crippen molar-refractivity contribution in [3.63, 3.8) is 0 Å². The summed E-state index contributed by atoms with van der Waals surface area (Å²) in [4.78, 5) is 0. The van der Waals surface area contributed by atoms with Crippen molar-refractivity contribution in [2.45, 2.75) is 29.6 Å². The smallest absolute Gasteiger partial charge is 0.0843 e. The van der Waals surface area contributed by atoms with Crippen molar-refractivity contribution in [3.8, 4) is 0 Å². The van der Waals surface area contributed by atoms with Gasteiger partial charge in [0.15, 0.2) is 0 Å². The first kappa shape index (κ1) is 9.23. The van der Waals surface area contributed by atoms with Crippen molar-refractivity contribution < 1.29 is 0 Å². The minimum Gasteiger partial charge on any atom is -0.211 e. The second-order valence-electron chi connectivity index (χ2n) is 3.18. The van der Waals surface area contributed by atoms with E-state index in [9.17, 15) is 0 Å². The predicted octanol–water partition coefficient (Wildman–Crippen LogP) is 2.76. The van der Waals surface area contributed by atoms with Crippen LogP contribution in [-0.2, 0) is 12.8 Å². The Balaban J connectivity index is 2.30. The maximum atomic E-state index is 4.45. The number of aryl methyl sites for hydroxylation is 1. The zero-order valence-corrected chi connectivity index (χ0v) is 10.9. The first-order valence-electron chi connectivity index (χ1n) is 4.13. The molecule has 1 aromatic rings. The van der Waals surface area contributed by atoms with Gasteiger partial charge in [-0.25, -0.2) is 2.90 Å². The summed E-state index contributed by atoms with van der Waals surface area (Å²) >= 11 is 4.77. The van der Waals surface area contributed by atoms with Gasteiger partial charge < -0.3 is 0 Å². The van der Waals surface area contributed by atoms with E-state index in [0.717, 1.165) is 3.92 Å². The first-order chi connectivity index (χ1) is 5.75. The van der Waals surface area contributed by atoms with Crippen LogP contribution in [0.25, 0.3) is 0 Å². The molecular weight excluding hydrogens is 378 g/mol. The number of hydrogen-bond acceptors (Lipinski definition) is 1. The highest BCUT2D eigenvalue weighted by Crippen LogP contribution is 2.24. The molecule has 2 rings (SSSR count). The van der Waals surface area contributed by atoms with Gasteiger partial charge in [0, 0.05) is 10.1 Å². The molecule has 0 radical (unpaired) electrons. The zero-order valence-electron chi connectivity index (χ0n) is 6.63. The maximum absolute atomic E-state index is 4.45. The molecular formula is C8H10I2N2. The fraction of sp³-hybridized carbons (Fsp3) is 0.625. The Labute approximate surface area is 99.7 Å². The largest absolute Gasteiger partial charge is 0.211 e. The summed E-state index contributed by atoms with van der Waals surface area (Å²) in [5, 5.41) is 4.45. The third-order valence-electron chi connectivity index (χ3n) is 2.22. The minimum atomic E-state index is 0.810. The fourth-order valence-corrected chi connectivity index (χ4v) is 3.14. The van der Waals surface area contributed by atoms with E-state index < -0.39 is 0 Å². The van der Waals surface area contributed by atoms with Crippen LogP contribution >= 0.6 is 45.5 Å². The normalized spacial score (nSPS) is 23.3. The van der Waals surface area contributed by atoms with Crippen molar-refractivity contribution in [2.24, 2.45) is 0 Å². The topological polar surface area (TPSA) is 17.8 Å². The molecule has 0 saturated heterocycles. The highest BCUT2D eigenvalue weighted by molar-refractivity contribution is 14.1. The van der Waals surface area contributed by atoms with Gasteiger partial charge in [-0.15, -0.1) is 0 Å². The van der Waals surface area contributed by atoms with Gasteiger partial charge in [0.1, 0.15) is 0 Å². The average Bonchev–Trinajstić information content (AvgIpc) is 2.23. The summed E-state index contributed by atoms with van der Waals surface area (Å²) in [7, 11) is 0. The Bertz CT molecular complexity index is 283. The van der Waals surface area contributed by atoms with Crippen molar-refractivity contribution in [1.82, 2.24) is 7.99 Å². The lowest BCUT2D eigenvalue weighted by Gasteiger charge is -2.02. The number of nitrogens with zero attached hydrogens (tertiary/aromatic N) is 2. The molecule has 12 heavy (non-hydrogen) atoms. The van der Waals surface area contributed by atoms with Crippen LogP contribution in [0.15, 0.2) is 6.20 Å². The molecule has 1 heterocycles. The molecule has 0 amide bonds. The van der Waals surface area contributed by atoms with Gasteiger partial charge in [0.05, 0.1) is 28.6 Å². The van der Waals surface area contributed by atoms with E-state index >= 15 is 0 Å². The van der Waals surface area contributed by atoms with E-state index in [1.807, 2.05) is 2.90 Å². The highest BCUT2D eigenvalue weighted by Gasteiger charge is 2.16. The predicted molar refractivity (Wildman–Crippen MR) is 66.1 cm³/mol. The van der Waals surface area contributed by atoms with Crippen LogP contribution in [0, 0.1) is 0 Å². The van der Waals surface area contributed by atoms with Gasteiger partial charge in [-0.1, -0.05) is 22.6 Å². The highest BCUT2D eigenvalue weighted by atomic mass is 127. The van der Waals surface area contributed by atoms with Crippen LogP contribution in [0.1, 0.15) is 24.1 Å². The number of aromatic nitrogens is 2. The van der Waals surface area contributed by atoms with Crippen molar-refractivity contribution in [3.05, 3.63) is 17.5 Å². The van der Waals surface area contributed by atoms with Gasteiger partial charge in [-0.05, 0) is 31.2 Å². The molecule has 66 valence electrons. The molecule has 1 aliphatic rings. The van der Waals surface area contributed by atoms with E-state index in [1.165, 1.54) is 36.9 Å². The summed E-state index contributed by atoms with van der Waals surface area (Å²) in [5.41, 5.74) is 2.78. The summed E-state index contributed by atoms with van der Waals surface area (Å²) in [6.45, 7) is 0. The van der Waals surface area contributed by atoms with E-state index in [2.05, 4.69) is 56.8 Å². The summed E-state index contributed by atoms with van der Waals surface area (Å²) in [6, 6.07) is 0. The van der Waals surface area contributed by atoms with Gasteiger partial charge in [-0.2, -0.15) is 5.10 Å². The number of rotatable bonds is 0. The molecule has 1 unspecified atom stereocenters. The van der Waals surface area contributed by atoms with Crippen LogP contribution in [0.5, 0.6) is 0 Å². The second-order valence-corrected chi connectivity index (χ2v) is 5.93. The molecule has 1 aromatic heterocycles. The third-order valence-corrected chi connectivity index (χ3v) is 3.78. The third kappa shape index (κ3) is 1.94. The Morgan fingerprint density at radius 1 is 1.58 bits per heavy atom. The SMILES string of the molecule is IC1CCCc2nn(I)cc2C1. The first-order valence-corrected chi connectivity index (χ1v) is 6.34. The molecule has 0 aliphatic heterocycles. The van der Waals surface area contributed by atoms with E-state index in [-0.39, 0.29) is 0 Å². The zero-order chi connectivity index (χ0) is 8.55. The Kier molecular flexibility index (Phi) is 2.93. The van der Waals surface area contributed by atoms with E-state index in [0.29, 0.717) is 0 Å². The lowest BCUT2D eigenvalue weighted by atomic mass is 10.2. The Morgan fingerprint density at radius 2 is 2.42 bits per heavy atom. The summed E-state index contributed by atoms with van der Waals surface area (Å²) in [6.07, 6.45) is 7.18. The number of alkyl halides is 1. The maximum Gasteiger partial charge on any atom is 0.0843 e. The standard InChI is InChI=1S/C8H10I2N2/c9-7-2-1-3-8-6(4-7)5-12(10)11-8/h5,7H,1-4H2. The van der Waals surface area contributed by atoms with Crippen LogP contribution in [-0.4, -0.2) is 11.9 Å². The van der Waals surface area contributed by atoms with Gasteiger partial charge in [0.25, 0.3) is 0 Å². The average molecular weight is 388 g/mol. The molecule has 4 heteroatoms. The Morgan fingerprint density at radius 3 is 3.25 bits per heavy atom. The van der Waals surface area contributed by atoms with Crippen LogP contribution < -0.4 is 0 Å².